The normalized spacial score (nSPS) is 17.7. The molecule has 0 atom stereocenters. The molecule has 4 rings (SSSR count). The predicted octanol–water partition coefficient (Wildman–Crippen LogP) is 2.86. The molecule has 1 amide bonds. The van der Waals surface area contributed by atoms with Crippen molar-refractivity contribution in [3.05, 3.63) is 46.3 Å². The maximum atomic E-state index is 12.6. The Morgan fingerprint density at radius 3 is 2.74 bits per heavy atom. The highest BCUT2D eigenvalue weighted by Gasteiger charge is 2.27. The average Bonchev–Trinajstić information content (AvgIpc) is 3.18. The largest absolute Gasteiger partial charge is 0.358 e. The highest BCUT2D eigenvalue weighted by atomic mass is 32.2. The predicted molar refractivity (Wildman–Crippen MR) is 106 cm³/mol. The van der Waals surface area contributed by atoms with E-state index in [1.165, 1.54) is 42.8 Å². The number of anilines is 1. The quantitative estimate of drug-likeness (QED) is 0.707. The van der Waals surface area contributed by atoms with Crippen LogP contribution in [-0.4, -0.2) is 26.4 Å². The van der Waals surface area contributed by atoms with Crippen molar-refractivity contribution in [2.75, 3.05) is 12.4 Å². The van der Waals surface area contributed by atoms with E-state index in [-0.39, 0.29) is 10.8 Å². The third-order valence-electron chi connectivity index (χ3n) is 5.44. The van der Waals surface area contributed by atoms with Crippen LogP contribution in [-0.2, 0) is 34.1 Å². The molecule has 0 unspecified atom stereocenters. The molecule has 1 aliphatic carbocycles. The molecule has 6 nitrogen and oxygen atoms in total. The van der Waals surface area contributed by atoms with Gasteiger partial charge in [-0.2, -0.15) is 0 Å². The minimum atomic E-state index is -3.57. The van der Waals surface area contributed by atoms with Gasteiger partial charge < -0.3 is 10.3 Å². The summed E-state index contributed by atoms with van der Waals surface area (Å²) < 4.78 is 26.6. The average molecular weight is 385 g/mol. The third kappa shape index (κ3) is 3.00. The number of carbonyl (C=O) groups excluding carboxylic acids is 1. The van der Waals surface area contributed by atoms with Crippen molar-refractivity contribution < 1.29 is 13.2 Å². The van der Waals surface area contributed by atoms with Crippen LogP contribution < -0.4 is 10.0 Å². The van der Waals surface area contributed by atoms with Crippen LogP contribution in [0.5, 0.6) is 0 Å². The SMILES string of the molecule is CCc1c(C=C2C(=O)Nc3ccc(S(=O)(=O)NC)cc32)[nH]c2c1CCCC2. The van der Waals surface area contributed by atoms with Crippen molar-refractivity contribution >= 4 is 33.3 Å². The van der Waals surface area contributed by atoms with Crippen molar-refractivity contribution in [2.45, 2.75) is 43.9 Å². The summed E-state index contributed by atoms with van der Waals surface area (Å²) in [5, 5.41) is 2.83. The second kappa shape index (κ2) is 6.65. The van der Waals surface area contributed by atoms with Crippen LogP contribution in [0.15, 0.2) is 23.1 Å². The summed E-state index contributed by atoms with van der Waals surface area (Å²) in [6, 6.07) is 4.69. The fraction of sp³-hybridized carbons (Fsp3) is 0.350. The lowest BCUT2D eigenvalue weighted by atomic mass is 9.93. The molecule has 27 heavy (non-hydrogen) atoms. The summed E-state index contributed by atoms with van der Waals surface area (Å²) in [5.74, 6) is -0.210. The number of fused-ring (bicyclic) bond motifs is 2. The molecule has 0 radical (unpaired) electrons. The van der Waals surface area contributed by atoms with E-state index in [0.717, 1.165) is 25.0 Å². The van der Waals surface area contributed by atoms with Crippen LogP contribution in [0.1, 0.15) is 47.8 Å². The molecule has 0 saturated carbocycles. The Morgan fingerprint density at radius 2 is 2.00 bits per heavy atom. The zero-order valence-electron chi connectivity index (χ0n) is 15.5. The van der Waals surface area contributed by atoms with Gasteiger partial charge in [0.15, 0.2) is 0 Å². The summed E-state index contributed by atoms with van der Waals surface area (Å²) in [7, 11) is -2.20. The molecule has 0 fully saturated rings. The molecule has 0 spiro atoms. The standard InChI is InChI=1S/C20H23N3O3S/c1-3-13-14-6-4-5-7-17(14)22-19(13)11-16-15-10-12(27(25,26)21-2)8-9-18(15)23-20(16)24/h8-11,21-22H,3-7H2,1-2H3,(H,23,24). The number of carbonyl (C=O) groups is 1. The number of aromatic amines is 1. The summed E-state index contributed by atoms with van der Waals surface area (Å²) in [6.07, 6.45) is 7.26. The highest BCUT2D eigenvalue weighted by molar-refractivity contribution is 7.89. The Bertz CT molecular complexity index is 1060. The van der Waals surface area contributed by atoms with E-state index in [1.54, 1.807) is 12.1 Å². The molecule has 1 aromatic heterocycles. The van der Waals surface area contributed by atoms with Crippen molar-refractivity contribution in [1.29, 1.82) is 0 Å². The van der Waals surface area contributed by atoms with E-state index in [4.69, 9.17) is 0 Å². The monoisotopic (exact) mass is 385 g/mol. The molecular weight excluding hydrogens is 362 g/mol. The van der Waals surface area contributed by atoms with Gasteiger partial charge in [-0.1, -0.05) is 6.92 Å². The fourth-order valence-corrected chi connectivity index (χ4v) is 4.80. The number of amides is 1. The summed E-state index contributed by atoms with van der Waals surface area (Å²) in [5.41, 5.74) is 6.63. The van der Waals surface area contributed by atoms with Crippen LogP contribution in [0.4, 0.5) is 5.69 Å². The molecule has 3 N–H and O–H groups in total. The molecule has 7 heteroatoms. The van der Waals surface area contributed by atoms with Gasteiger partial charge in [0.1, 0.15) is 0 Å². The van der Waals surface area contributed by atoms with Gasteiger partial charge in [-0.15, -0.1) is 0 Å². The number of H-pyrrole nitrogens is 1. The van der Waals surface area contributed by atoms with E-state index >= 15 is 0 Å². The summed E-state index contributed by atoms with van der Waals surface area (Å²) in [6.45, 7) is 2.13. The topological polar surface area (TPSA) is 91.1 Å². The van der Waals surface area contributed by atoms with Gasteiger partial charge in [0.05, 0.1) is 10.5 Å². The number of hydrogen-bond donors (Lipinski definition) is 3. The van der Waals surface area contributed by atoms with Crippen LogP contribution in [0, 0.1) is 0 Å². The first-order chi connectivity index (χ1) is 12.9. The van der Waals surface area contributed by atoms with Gasteiger partial charge in [0.2, 0.25) is 10.0 Å². The minimum Gasteiger partial charge on any atom is -0.358 e. The first-order valence-electron chi connectivity index (χ1n) is 9.28. The van der Waals surface area contributed by atoms with Gasteiger partial charge in [-0.3, -0.25) is 4.79 Å². The number of benzene rings is 1. The van der Waals surface area contributed by atoms with E-state index < -0.39 is 10.0 Å². The first kappa shape index (κ1) is 18.0. The van der Waals surface area contributed by atoms with Crippen LogP contribution >= 0.6 is 0 Å². The lowest BCUT2D eigenvalue weighted by Crippen LogP contribution is -2.18. The van der Waals surface area contributed by atoms with Crippen LogP contribution in [0.3, 0.4) is 0 Å². The Balaban J connectivity index is 1.84. The number of hydrogen-bond acceptors (Lipinski definition) is 3. The minimum absolute atomic E-state index is 0.146. The number of aromatic nitrogens is 1. The summed E-state index contributed by atoms with van der Waals surface area (Å²) >= 11 is 0. The smallest absolute Gasteiger partial charge is 0.256 e. The molecule has 2 heterocycles. The second-order valence-electron chi connectivity index (χ2n) is 6.96. The second-order valence-corrected chi connectivity index (χ2v) is 8.85. The number of rotatable bonds is 4. The van der Waals surface area contributed by atoms with E-state index in [2.05, 4.69) is 21.9 Å². The maximum absolute atomic E-state index is 12.6. The van der Waals surface area contributed by atoms with E-state index in [9.17, 15) is 13.2 Å². The molecule has 0 saturated heterocycles. The number of sulfonamides is 1. The number of nitrogens with one attached hydrogen (secondary N) is 3. The molecule has 0 bridgehead atoms. The van der Waals surface area contributed by atoms with Gasteiger partial charge >= 0.3 is 0 Å². The van der Waals surface area contributed by atoms with Crippen molar-refractivity contribution in [2.24, 2.45) is 0 Å². The molecule has 2 aromatic rings. The zero-order valence-corrected chi connectivity index (χ0v) is 16.3. The molecule has 142 valence electrons. The van der Waals surface area contributed by atoms with Gasteiger partial charge in [-0.25, -0.2) is 13.1 Å². The van der Waals surface area contributed by atoms with Crippen molar-refractivity contribution in [1.82, 2.24) is 9.71 Å². The Labute approximate surface area is 159 Å². The Kier molecular flexibility index (Phi) is 4.44. The van der Waals surface area contributed by atoms with E-state index in [0.29, 0.717) is 16.8 Å². The van der Waals surface area contributed by atoms with Crippen LogP contribution in [0.25, 0.3) is 11.6 Å². The fourth-order valence-electron chi connectivity index (χ4n) is 4.04. The molecule has 2 aliphatic rings. The zero-order chi connectivity index (χ0) is 19.2. The van der Waals surface area contributed by atoms with Crippen LogP contribution in [0.2, 0.25) is 0 Å². The lowest BCUT2D eigenvalue weighted by molar-refractivity contribution is -0.110. The van der Waals surface area contributed by atoms with E-state index in [1.807, 2.05) is 6.08 Å². The van der Waals surface area contributed by atoms with Crippen molar-refractivity contribution in [3.63, 3.8) is 0 Å². The van der Waals surface area contributed by atoms with Gasteiger partial charge in [-0.05, 0) is 74.6 Å². The lowest BCUT2D eigenvalue weighted by Gasteiger charge is -2.11. The Hall–Kier alpha value is -2.38. The Morgan fingerprint density at radius 1 is 1.22 bits per heavy atom. The van der Waals surface area contributed by atoms with Gasteiger partial charge in [0, 0.05) is 22.6 Å². The molecule has 1 aromatic carbocycles. The molecule has 1 aliphatic heterocycles. The van der Waals surface area contributed by atoms with Gasteiger partial charge in [0.25, 0.3) is 5.91 Å². The molecular formula is C20H23N3O3S. The number of aryl methyl sites for hydroxylation is 1. The first-order valence-corrected chi connectivity index (χ1v) is 10.8. The summed E-state index contributed by atoms with van der Waals surface area (Å²) in [4.78, 5) is 16.2. The van der Waals surface area contributed by atoms with Crippen molar-refractivity contribution in [3.8, 4) is 0 Å². The maximum Gasteiger partial charge on any atom is 0.256 e. The third-order valence-corrected chi connectivity index (χ3v) is 6.85. The highest BCUT2D eigenvalue weighted by Crippen LogP contribution is 2.36.